The minimum absolute atomic E-state index is 0.0902. The third kappa shape index (κ3) is 5.81. The third-order valence-electron chi connectivity index (χ3n) is 5.73. The number of benzene rings is 2. The molecule has 1 aromatic heterocycles. The maximum absolute atomic E-state index is 12.9. The van der Waals surface area contributed by atoms with E-state index in [-0.39, 0.29) is 24.1 Å². The van der Waals surface area contributed by atoms with Gasteiger partial charge in [0.05, 0.1) is 6.26 Å². The van der Waals surface area contributed by atoms with Crippen molar-refractivity contribution in [3.63, 3.8) is 0 Å². The first-order chi connectivity index (χ1) is 16.5. The minimum Gasteiger partial charge on any atom is -0.465 e. The molecule has 174 valence electrons. The largest absolute Gasteiger partial charge is 0.465 e. The molecule has 4 rings (SSSR count). The van der Waals surface area contributed by atoms with Gasteiger partial charge in [0, 0.05) is 37.7 Å². The van der Waals surface area contributed by atoms with Gasteiger partial charge < -0.3 is 20.0 Å². The second-order valence-corrected chi connectivity index (χ2v) is 8.26. The van der Waals surface area contributed by atoms with E-state index in [1.165, 1.54) is 12.3 Å². The number of nitrogens with one attached hydrogen (secondary N) is 2. The van der Waals surface area contributed by atoms with Crippen molar-refractivity contribution in [2.24, 2.45) is 0 Å². The number of rotatable bonds is 8. The summed E-state index contributed by atoms with van der Waals surface area (Å²) in [6.45, 7) is 3.54. The molecule has 2 aromatic carbocycles. The van der Waals surface area contributed by atoms with Crippen LogP contribution in [0.1, 0.15) is 45.7 Å². The zero-order valence-corrected chi connectivity index (χ0v) is 19.0. The van der Waals surface area contributed by atoms with Crippen molar-refractivity contribution in [2.75, 3.05) is 6.54 Å². The lowest BCUT2D eigenvalue weighted by Gasteiger charge is -2.16. The number of carbonyl (C=O) groups is 3. The van der Waals surface area contributed by atoms with Gasteiger partial charge >= 0.3 is 0 Å². The van der Waals surface area contributed by atoms with Crippen LogP contribution < -0.4 is 10.6 Å². The molecule has 0 spiro atoms. The molecule has 1 aliphatic heterocycles. The molecular formula is C27H27N3O4. The summed E-state index contributed by atoms with van der Waals surface area (Å²) < 4.78 is 5.33. The molecule has 0 aliphatic carbocycles. The van der Waals surface area contributed by atoms with Crippen LogP contribution in [0.5, 0.6) is 0 Å². The summed E-state index contributed by atoms with van der Waals surface area (Å²) in [6, 6.07) is 18.4. The van der Waals surface area contributed by atoms with Gasteiger partial charge in [0.15, 0.2) is 0 Å². The highest BCUT2D eigenvalue weighted by atomic mass is 16.3. The number of amides is 3. The zero-order valence-electron chi connectivity index (χ0n) is 19.0. The van der Waals surface area contributed by atoms with Crippen molar-refractivity contribution in [1.82, 2.24) is 15.5 Å². The molecule has 7 heteroatoms. The molecule has 0 radical (unpaired) electrons. The fourth-order valence-electron chi connectivity index (χ4n) is 3.82. The van der Waals surface area contributed by atoms with E-state index in [0.29, 0.717) is 24.3 Å². The predicted octanol–water partition coefficient (Wildman–Crippen LogP) is 3.80. The van der Waals surface area contributed by atoms with Crippen molar-refractivity contribution in [3.05, 3.63) is 101 Å². The van der Waals surface area contributed by atoms with Crippen LogP contribution in [0.15, 0.2) is 77.0 Å². The highest BCUT2D eigenvalue weighted by molar-refractivity contribution is 6.05. The first kappa shape index (κ1) is 23.0. The summed E-state index contributed by atoms with van der Waals surface area (Å²) in [7, 11) is 0. The topological polar surface area (TPSA) is 91.7 Å². The van der Waals surface area contributed by atoms with Crippen molar-refractivity contribution in [1.29, 1.82) is 0 Å². The highest BCUT2D eigenvalue weighted by Crippen LogP contribution is 2.15. The lowest BCUT2D eigenvalue weighted by Crippen LogP contribution is -2.34. The van der Waals surface area contributed by atoms with Crippen LogP contribution in [0, 0.1) is 6.92 Å². The average Bonchev–Trinajstić information content (AvgIpc) is 3.50. The molecule has 2 N–H and O–H groups in total. The Morgan fingerprint density at radius 2 is 1.79 bits per heavy atom. The van der Waals surface area contributed by atoms with Crippen LogP contribution in [-0.4, -0.2) is 29.2 Å². The average molecular weight is 458 g/mol. The van der Waals surface area contributed by atoms with Gasteiger partial charge in [-0.3, -0.25) is 14.4 Å². The number of likely N-dealkylation sites (tertiary alicyclic amines) is 1. The number of carbonyl (C=O) groups excluding carboxylic acids is 3. The lowest BCUT2D eigenvalue weighted by atomic mass is 10.1. The molecule has 2 heterocycles. The smallest absolute Gasteiger partial charge is 0.268 e. The van der Waals surface area contributed by atoms with E-state index in [9.17, 15) is 14.4 Å². The van der Waals surface area contributed by atoms with Crippen molar-refractivity contribution in [3.8, 4) is 0 Å². The van der Waals surface area contributed by atoms with Crippen LogP contribution in [0.4, 0.5) is 0 Å². The lowest BCUT2D eigenvalue weighted by molar-refractivity contribution is -0.128. The number of aryl methyl sites for hydroxylation is 1. The van der Waals surface area contributed by atoms with Crippen LogP contribution >= 0.6 is 0 Å². The number of nitrogens with zero attached hydrogens (tertiary/aromatic N) is 1. The van der Waals surface area contributed by atoms with E-state index in [2.05, 4.69) is 10.6 Å². The van der Waals surface area contributed by atoms with Crippen LogP contribution in [0.2, 0.25) is 0 Å². The Labute approximate surface area is 198 Å². The maximum atomic E-state index is 12.9. The molecule has 0 saturated carbocycles. The summed E-state index contributed by atoms with van der Waals surface area (Å²) in [6.07, 6.45) is 4.54. The number of hydrogen-bond donors (Lipinski definition) is 2. The Morgan fingerprint density at radius 3 is 2.47 bits per heavy atom. The Morgan fingerprint density at radius 1 is 1.03 bits per heavy atom. The minimum atomic E-state index is -0.426. The number of hydrogen-bond acceptors (Lipinski definition) is 4. The van der Waals surface area contributed by atoms with E-state index in [1.54, 1.807) is 24.3 Å². The van der Waals surface area contributed by atoms with Gasteiger partial charge in [-0.1, -0.05) is 42.5 Å². The number of furan rings is 1. The Balaban J connectivity index is 1.41. The van der Waals surface area contributed by atoms with E-state index in [4.69, 9.17) is 4.42 Å². The fraction of sp³-hybridized carbons (Fsp3) is 0.222. The second kappa shape index (κ2) is 10.7. The fourth-order valence-corrected chi connectivity index (χ4v) is 3.82. The van der Waals surface area contributed by atoms with Crippen LogP contribution in [-0.2, 0) is 22.7 Å². The molecule has 1 saturated heterocycles. The SMILES string of the molecule is Cc1ccccc1C(=O)N/C(=C\c1ccco1)C(=O)NCc1ccc(CN2CCCC2=O)cc1. The van der Waals surface area contributed by atoms with Gasteiger partial charge in [0.1, 0.15) is 11.5 Å². The molecule has 1 aliphatic rings. The van der Waals surface area contributed by atoms with E-state index in [0.717, 1.165) is 29.7 Å². The maximum Gasteiger partial charge on any atom is 0.268 e. The van der Waals surface area contributed by atoms with Gasteiger partial charge in [-0.05, 0) is 48.2 Å². The molecule has 0 unspecified atom stereocenters. The van der Waals surface area contributed by atoms with E-state index >= 15 is 0 Å². The monoisotopic (exact) mass is 457 g/mol. The van der Waals surface area contributed by atoms with E-state index < -0.39 is 5.91 Å². The summed E-state index contributed by atoms with van der Waals surface area (Å²) in [4.78, 5) is 39.4. The van der Waals surface area contributed by atoms with Crippen LogP contribution in [0.3, 0.4) is 0 Å². The summed E-state index contributed by atoms with van der Waals surface area (Å²) in [5, 5.41) is 5.57. The summed E-state index contributed by atoms with van der Waals surface area (Å²) in [5.74, 6) is -0.145. The molecule has 3 aromatic rings. The van der Waals surface area contributed by atoms with E-state index in [1.807, 2.05) is 48.2 Å². The predicted molar refractivity (Wildman–Crippen MR) is 128 cm³/mol. The van der Waals surface area contributed by atoms with Crippen molar-refractivity contribution < 1.29 is 18.8 Å². The highest BCUT2D eigenvalue weighted by Gasteiger charge is 2.20. The van der Waals surface area contributed by atoms with Gasteiger partial charge in [0.25, 0.3) is 11.8 Å². The molecule has 7 nitrogen and oxygen atoms in total. The molecular weight excluding hydrogens is 430 g/mol. The quantitative estimate of drug-likeness (QED) is 0.504. The second-order valence-electron chi connectivity index (χ2n) is 8.26. The van der Waals surface area contributed by atoms with Crippen LogP contribution in [0.25, 0.3) is 6.08 Å². The van der Waals surface area contributed by atoms with Gasteiger partial charge in [-0.2, -0.15) is 0 Å². The first-order valence-electron chi connectivity index (χ1n) is 11.3. The third-order valence-corrected chi connectivity index (χ3v) is 5.73. The first-order valence-corrected chi connectivity index (χ1v) is 11.3. The molecule has 0 atom stereocenters. The molecule has 34 heavy (non-hydrogen) atoms. The normalized spacial score (nSPS) is 13.7. The summed E-state index contributed by atoms with van der Waals surface area (Å²) >= 11 is 0. The van der Waals surface area contributed by atoms with Crippen molar-refractivity contribution in [2.45, 2.75) is 32.9 Å². The standard InChI is InChI=1S/C27H27N3O4/c1-19-6-2-3-8-23(19)26(32)29-24(16-22-7-5-15-34-22)27(33)28-17-20-10-12-21(13-11-20)18-30-14-4-9-25(30)31/h2-3,5-8,10-13,15-16H,4,9,14,17-18H2,1H3,(H,28,33)(H,29,32)/b24-16-. The van der Waals surface area contributed by atoms with Gasteiger partial charge in [-0.25, -0.2) is 0 Å². The molecule has 1 fully saturated rings. The van der Waals surface area contributed by atoms with Crippen molar-refractivity contribution >= 4 is 23.8 Å². The summed E-state index contributed by atoms with van der Waals surface area (Å²) in [5.41, 5.74) is 3.36. The Hall–Kier alpha value is -4.13. The molecule has 0 bridgehead atoms. The van der Waals surface area contributed by atoms with Gasteiger partial charge in [-0.15, -0.1) is 0 Å². The Bertz CT molecular complexity index is 1200. The zero-order chi connectivity index (χ0) is 23.9. The Kier molecular flexibility index (Phi) is 7.22. The van der Waals surface area contributed by atoms with Gasteiger partial charge in [0.2, 0.25) is 5.91 Å². The molecule has 3 amide bonds.